The van der Waals surface area contributed by atoms with Crippen molar-refractivity contribution in [3.05, 3.63) is 78.5 Å². The van der Waals surface area contributed by atoms with Crippen molar-refractivity contribution in [1.82, 2.24) is 5.32 Å². The molecule has 0 unspecified atom stereocenters. The molecule has 2 N–H and O–H groups in total. The van der Waals surface area contributed by atoms with E-state index >= 15 is 0 Å². The molecule has 0 atom stereocenters. The number of Topliss-reactive ketones (excluding diaryl/α,β-unsaturated/α-hetero) is 2. The molecule has 37 heavy (non-hydrogen) atoms. The van der Waals surface area contributed by atoms with Crippen LogP contribution in [0.1, 0.15) is 61.1 Å². The third-order valence-electron chi connectivity index (χ3n) is 7.28. The Labute approximate surface area is 233 Å². The number of ketones is 2. The van der Waals surface area contributed by atoms with Gasteiger partial charge in [0.15, 0.2) is 18.2 Å². The Bertz CT molecular complexity index is 1350. The number of carbonyl (C=O) groups excluding carboxylic acids is 3. The molecule has 0 spiro atoms. The van der Waals surface area contributed by atoms with Gasteiger partial charge in [0.25, 0.3) is 5.91 Å². The van der Waals surface area contributed by atoms with Crippen LogP contribution in [0.4, 0.5) is 5.69 Å². The first-order chi connectivity index (χ1) is 17.7. The predicted octanol–water partition coefficient (Wildman–Crippen LogP) is 6.55. The number of dihydropyridines is 1. The maximum Gasteiger partial charge on any atom is 0.262 e. The Balaban J connectivity index is 1.51. The molecule has 0 bridgehead atoms. The number of hydrogen-bond donors (Lipinski definition) is 2. The predicted molar refractivity (Wildman–Crippen MR) is 150 cm³/mol. The lowest BCUT2D eigenvalue weighted by Gasteiger charge is -2.37. The summed E-state index contributed by atoms with van der Waals surface area (Å²) in [6, 6.07) is 9.50. The van der Waals surface area contributed by atoms with Crippen molar-refractivity contribution >= 4 is 55.0 Å². The Morgan fingerprint density at radius 2 is 1.59 bits per heavy atom. The molecule has 1 amide bonds. The molecular formula is C29H28Br2N2O4. The Morgan fingerprint density at radius 1 is 0.946 bits per heavy atom. The first-order valence-corrected chi connectivity index (χ1v) is 14.1. The number of ether oxygens (including phenoxy) is 1. The number of halogens is 2. The number of benzene rings is 2. The van der Waals surface area contributed by atoms with Gasteiger partial charge in [0, 0.05) is 57.0 Å². The van der Waals surface area contributed by atoms with Crippen LogP contribution in [0.25, 0.3) is 0 Å². The summed E-state index contributed by atoms with van der Waals surface area (Å²) in [7, 11) is 0. The molecular weight excluding hydrogens is 600 g/mol. The summed E-state index contributed by atoms with van der Waals surface area (Å²) in [5.41, 5.74) is 6.75. The number of amides is 1. The van der Waals surface area contributed by atoms with Gasteiger partial charge in [-0.25, -0.2) is 0 Å². The van der Waals surface area contributed by atoms with Crippen LogP contribution in [0, 0.1) is 13.8 Å². The molecule has 3 aliphatic rings. The van der Waals surface area contributed by atoms with E-state index in [0.29, 0.717) is 45.5 Å². The fourth-order valence-electron chi connectivity index (χ4n) is 5.40. The number of carbonyl (C=O) groups is 3. The van der Waals surface area contributed by atoms with Crippen molar-refractivity contribution in [2.45, 2.75) is 58.3 Å². The van der Waals surface area contributed by atoms with Crippen molar-refractivity contribution in [1.29, 1.82) is 0 Å². The second kappa shape index (κ2) is 10.6. The Hall–Kier alpha value is -2.71. The van der Waals surface area contributed by atoms with E-state index < -0.39 is 5.92 Å². The summed E-state index contributed by atoms with van der Waals surface area (Å²) >= 11 is 7.18. The van der Waals surface area contributed by atoms with Crippen LogP contribution in [0.3, 0.4) is 0 Å². The van der Waals surface area contributed by atoms with E-state index in [4.69, 9.17) is 4.74 Å². The van der Waals surface area contributed by atoms with Crippen molar-refractivity contribution in [3.63, 3.8) is 0 Å². The first-order valence-electron chi connectivity index (χ1n) is 12.5. The highest BCUT2D eigenvalue weighted by Gasteiger charge is 2.41. The molecule has 1 aliphatic heterocycles. The van der Waals surface area contributed by atoms with E-state index in [2.05, 4.69) is 42.5 Å². The normalized spacial score (nSPS) is 17.8. The third-order valence-corrected chi connectivity index (χ3v) is 8.32. The molecule has 5 rings (SSSR count). The van der Waals surface area contributed by atoms with Crippen LogP contribution in [0.5, 0.6) is 5.75 Å². The molecule has 0 radical (unpaired) electrons. The minimum absolute atomic E-state index is 0.0539. The highest BCUT2D eigenvalue weighted by molar-refractivity contribution is 9.11. The number of rotatable bonds is 5. The van der Waals surface area contributed by atoms with Crippen LogP contribution in [0.2, 0.25) is 0 Å². The maximum absolute atomic E-state index is 13.2. The Morgan fingerprint density at radius 3 is 2.22 bits per heavy atom. The van der Waals surface area contributed by atoms with Gasteiger partial charge in [0.1, 0.15) is 5.75 Å². The lowest BCUT2D eigenvalue weighted by atomic mass is 9.71. The zero-order chi connectivity index (χ0) is 26.3. The van der Waals surface area contributed by atoms with Crippen LogP contribution in [0.15, 0.2) is 61.8 Å². The van der Waals surface area contributed by atoms with Crippen molar-refractivity contribution in [2.75, 3.05) is 11.9 Å². The Kier molecular flexibility index (Phi) is 7.41. The van der Waals surface area contributed by atoms with Crippen molar-refractivity contribution < 1.29 is 19.1 Å². The number of hydrogen-bond acceptors (Lipinski definition) is 5. The number of nitrogens with one attached hydrogen (secondary N) is 2. The van der Waals surface area contributed by atoms with E-state index in [9.17, 15) is 14.4 Å². The molecule has 8 heteroatoms. The average molecular weight is 628 g/mol. The fraction of sp³-hybridized carbons (Fsp3) is 0.345. The van der Waals surface area contributed by atoms with Gasteiger partial charge in [-0.2, -0.15) is 0 Å². The summed E-state index contributed by atoms with van der Waals surface area (Å²) in [5.74, 6) is -0.257. The van der Waals surface area contributed by atoms with Crippen LogP contribution >= 0.6 is 31.9 Å². The van der Waals surface area contributed by atoms with Gasteiger partial charge in [-0.05, 0) is 90.9 Å². The molecule has 2 aromatic carbocycles. The molecule has 192 valence electrons. The van der Waals surface area contributed by atoms with E-state index in [1.807, 2.05) is 44.2 Å². The van der Waals surface area contributed by atoms with Crippen LogP contribution in [-0.2, 0) is 14.4 Å². The van der Waals surface area contributed by atoms with E-state index in [-0.39, 0.29) is 24.1 Å². The lowest BCUT2D eigenvalue weighted by molar-refractivity contribution is -0.119. The number of allylic oxidation sites excluding steroid dienone is 4. The molecule has 2 aromatic rings. The van der Waals surface area contributed by atoms with Crippen molar-refractivity contribution in [2.24, 2.45) is 0 Å². The SMILES string of the molecule is Cc1ccc(NC(=O)COc2c(Br)cc(Br)cc2C2C3=C(CCCC3=O)NC3=C2C(=O)CCC3)cc1C. The largest absolute Gasteiger partial charge is 0.482 e. The van der Waals surface area contributed by atoms with Gasteiger partial charge in [-0.3, -0.25) is 14.4 Å². The second-order valence-corrected chi connectivity index (χ2v) is 11.6. The lowest BCUT2D eigenvalue weighted by Crippen LogP contribution is -2.36. The minimum atomic E-state index is -0.529. The summed E-state index contributed by atoms with van der Waals surface area (Å²) in [6.07, 6.45) is 4.03. The van der Waals surface area contributed by atoms with Gasteiger partial charge >= 0.3 is 0 Å². The zero-order valence-electron chi connectivity index (χ0n) is 20.8. The monoisotopic (exact) mass is 626 g/mol. The smallest absolute Gasteiger partial charge is 0.262 e. The van der Waals surface area contributed by atoms with Gasteiger partial charge in [-0.15, -0.1) is 0 Å². The quantitative estimate of drug-likeness (QED) is 0.393. The minimum Gasteiger partial charge on any atom is -0.482 e. The van der Waals surface area contributed by atoms with Gasteiger partial charge < -0.3 is 15.4 Å². The number of anilines is 1. The molecule has 6 nitrogen and oxygen atoms in total. The highest BCUT2D eigenvalue weighted by atomic mass is 79.9. The fourth-order valence-corrected chi connectivity index (χ4v) is 6.77. The van der Waals surface area contributed by atoms with E-state index in [0.717, 1.165) is 52.7 Å². The van der Waals surface area contributed by atoms with Gasteiger partial charge in [0.2, 0.25) is 0 Å². The zero-order valence-corrected chi connectivity index (χ0v) is 24.0. The molecule has 0 aromatic heterocycles. The van der Waals surface area contributed by atoms with Gasteiger partial charge in [0.05, 0.1) is 4.47 Å². The van der Waals surface area contributed by atoms with Crippen LogP contribution in [-0.4, -0.2) is 24.1 Å². The third kappa shape index (κ3) is 5.18. The second-order valence-electron chi connectivity index (χ2n) is 9.84. The molecule has 0 fully saturated rings. The molecule has 0 saturated heterocycles. The summed E-state index contributed by atoms with van der Waals surface area (Å²) in [6.45, 7) is 3.80. The van der Waals surface area contributed by atoms with Crippen LogP contribution < -0.4 is 15.4 Å². The summed E-state index contributed by atoms with van der Waals surface area (Å²) in [5, 5.41) is 6.33. The van der Waals surface area contributed by atoms with Crippen molar-refractivity contribution in [3.8, 4) is 5.75 Å². The molecule has 1 heterocycles. The first kappa shape index (κ1) is 25.9. The number of aryl methyl sites for hydroxylation is 2. The molecule has 2 aliphatic carbocycles. The van der Waals surface area contributed by atoms with Gasteiger partial charge in [-0.1, -0.05) is 22.0 Å². The van der Waals surface area contributed by atoms with E-state index in [1.165, 1.54) is 0 Å². The summed E-state index contributed by atoms with van der Waals surface area (Å²) < 4.78 is 7.56. The topological polar surface area (TPSA) is 84.5 Å². The maximum atomic E-state index is 13.2. The highest BCUT2D eigenvalue weighted by Crippen LogP contribution is 2.49. The molecule has 0 saturated carbocycles. The summed E-state index contributed by atoms with van der Waals surface area (Å²) in [4.78, 5) is 39.3. The van der Waals surface area contributed by atoms with E-state index in [1.54, 1.807) is 0 Å². The average Bonchev–Trinajstić information content (AvgIpc) is 2.84. The standard InChI is InChI=1S/C29H28Br2N2O4/c1-15-9-10-18(11-16(15)2)32-25(36)14-37-29-19(12-17(30)13-20(29)31)26-27-21(5-3-7-23(27)34)33-22-6-4-8-24(35)28(22)26/h9-13,26,33H,3-8,14H2,1-2H3,(H,32,36).